The summed E-state index contributed by atoms with van der Waals surface area (Å²) in [5.41, 5.74) is 25.7. The average Bonchev–Trinajstić information content (AvgIpc) is 3.80. The Labute approximate surface area is 317 Å². The Morgan fingerprint density at radius 2 is 1.91 bits per heavy atom. The smallest absolute Gasteiger partial charge is 0.455 e. The van der Waals surface area contributed by atoms with Gasteiger partial charge in [-0.2, -0.15) is 4.98 Å². The van der Waals surface area contributed by atoms with Gasteiger partial charge in [-0.1, -0.05) is 26.7 Å². The molecule has 0 spiro atoms. The standard InChI is InChI=1S/C25H36N12O14P2S2/c1-54-55-11(6-33-35-29)4-12(26)24(39)50-20-15(49-23(19(20)38)37-10-32-18-21(28)30-9-31-22(18)37)8-47-53(44,45)51-13-5-17(36-3-2-16(27)34-25(36)40)48-14(13)7-46-52(41,42)43/h2-3,9-15,17,19-20,23,38H,4-8,26H2,1H3,(H,44,45)(H2,27,34,40)(H2,28,30,31)(H2,41,42,43)/t11?,12-,13+,14-,15+,17-,19-,20-,23-/m1/s1. The van der Waals surface area contributed by atoms with E-state index in [0.29, 0.717) is 0 Å². The van der Waals surface area contributed by atoms with Crippen LogP contribution >= 0.6 is 37.2 Å². The molecular formula is C25H36N12O14P2S2. The second-order valence-corrected chi connectivity index (χ2v) is 17.2. The lowest BCUT2D eigenvalue weighted by Gasteiger charge is -2.25. The quantitative estimate of drug-likeness (QED) is 0.0216. The second kappa shape index (κ2) is 18.2. The normalized spacial score (nSPS) is 26.3. The van der Waals surface area contributed by atoms with E-state index < -0.39 is 89.5 Å². The number of esters is 1. The van der Waals surface area contributed by atoms with Crippen molar-refractivity contribution in [1.82, 2.24) is 29.1 Å². The number of aliphatic hydroxyl groups is 1. The van der Waals surface area contributed by atoms with Crippen molar-refractivity contribution in [2.75, 3.05) is 37.5 Å². The fourth-order valence-electron chi connectivity index (χ4n) is 5.61. The van der Waals surface area contributed by atoms with E-state index in [1.54, 1.807) is 6.26 Å². The Morgan fingerprint density at radius 1 is 1.16 bits per heavy atom. The molecule has 0 saturated carbocycles. The van der Waals surface area contributed by atoms with E-state index in [1.807, 2.05) is 0 Å². The monoisotopic (exact) mass is 854 g/mol. The fourth-order valence-corrected chi connectivity index (χ4v) is 8.83. The predicted octanol–water partition coefficient (Wildman–Crippen LogP) is -0.276. The van der Waals surface area contributed by atoms with E-state index in [-0.39, 0.29) is 47.4 Å². The number of carbonyl (C=O) groups excluding carboxylic acids is 1. The van der Waals surface area contributed by atoms with Gasteiger partial charge in [-0.25, -0.2) is 28.9 Å². The minimum atomic E-state index is -5.18. The lowest BCUT2D eigenvalue weighted by atomic mass is 10.1. The summed E-state index contributed by atoms with van der Waals surface area (Å²) in [7, 11) is -7.55. The van der Waals surface area contributed by atoms with Crippen molar-refractivity contribution in [1.29, 1.82) is 0 Å². The van der Waals surface area contributed by atoms with E-state index >= 15 is 0 Å². The van der Waals surface area contributed by atoms with Gasteiger partial charge in [-0.05, 0) is 24.3 Å². The molecule has 2 unspecified atom stereocenters. The van der Waals surface area contributed by atoms with Gasteiger partial charge in [0, 0.05) is 29.3 Å². The first kappa shape index (κ1) is 42.7. The largest absolute Gasteiger partial charge is 0.472 e. The Balaban J connectivity index is 1.34. The van der Waals surface area contributed by atoms with Crippen LogP contribution in [0.3, 0.4) is 0 Å². The fraction of sp³-hybridized carbons (Fsp3) is 0.600. The Bertz CT molecular complexity index is 2040. The average molecular weight is 855 g/mol. The molecule has 2 saturated heterocycles. The molecule has 302 valence electrons. The number of nitrogens with zero attached hydrogens (tertiary/aromatic N) is 9. The number of ether oxygens (including phenoxy) is 3. The van der Waals surface area contributed by atoms with Crippen LogP contribution in [0.2, 0.25) is 0 Å². The van der Waals surface area contributed by atoms with Crippen molar-refractivity contribution in [3.63, 3.8) is 0 Å². The molecule has 3 aromatic rings. The van der Waals surface area contributed by atoms with Gasteiger partial charge in [0.05, 0.1) is 19.5 Å². The van der Waals surface area contributed by atoms with E-state index in [9.17, 15) is 38.5 Å². The van der Waals surface area contributed by atoms with Crippen molar-refractivity contribution >= 4 is 66.0 Å². The summed E-state index contributed by atoms with van der Waals surface area (Å²) in [4.78, 5) is 73.5. The number of nitrogens with two attached hydrogens (primary N) is 3. The molecule has 0 aromatic carbocycles. The molecule has 0 amide bonds. The highest BCUT2D eigenvalue weighted by Crippen LogP contribution is 2.50. The third kappa shape index (κ3) is 10.9. The lowest BCUT2D eigenvalue weighted by Crippen LogP contribution is -2.44. The van der Waals surface area contributed by atoms with Gasteiger partial charge in [-0.3, -0.25) is 27.5 Å². The number of hydrogen-bond acceptors (Lipinski definition) is 21. The molecule has 0 bridgehead atoms. The molecule has 3 aromatic heterocycles. The Morgan fingerprint density at radius 3 is 2.60 bits per heavy atom. The molecule has 10 N–H and O–H groups in total. The number of rotatable bonds is 18. The maximum Gasteiger partial charge on any atom is 0.472 e. The molecule has 5 heterocycles. The van der Waals surface area contributed by atoms with Gasteiger partial charge < -0.3 is 51.2 Å². The van der Waals surface area contributed by atoms with E-state index in [4.69, 9.17) is 46.0 Å². The number of azide groups is 1. The minimum Gasteiger partial charge on any atom is -0.455 e. The molecule has 2 fully saturated rings. The predicted molar refractivity (Wildman–Crippen MR) is 191 cm³/mol. The first-order chi connectivity index (χ1) is 26.0. The second-order valence-electron chi connectivity index (χ2n) is 11.8. The summed E-state index contributed by atoms with van der Waals surface area (Å²) in [6.07, 6.45) is -5.16. The summed E-state index contributed by atoms with van der Waals surface area (Å²) in [6.45, 7) is -1.68. The maximum absolute atomic E-state index is 13.4. The van der Waals surface area contributed by atoms with Crippen LogP contribution in [0.15, 0.2) is 34.8 Å². The number of aromatic nitrogens is 6. The Kier molecular flexibility index (Phi) is 14.2. The topological polar surface area (TPSA) is 393 Å². The van der Waals surface area contributed by atoms with Crippen LogP contribution in [0, 0.1) is 0 Å². The molecule has 0 aliphatic carbocycles. The lowest BCUT2D eigenvalue weighted by molar-refractivity contribution is -0.158. The van der Waals surface area contributed by atoms with Crippen molar-refractivity contribution < 1.29 is 61.5 Å². The van der Waals surface area contributed by atoms with Crippen LogP contribution in [-0.4, -0.2) is 123 Å². The van der Waals surface area contributed by atoms with E-state index in [1.165, 1.54) is 44.7 Å². The highest BCUT2D eigenvalue weighted by molar-refractivity contribution is 8.76. The minimum absolute atomic E-state index is 0.00949. The molecule has 2 aliphatic rings. The number of imidazole rings is 1. The number of phosphoric ester groups is 2. The van der Waals surface area contributed by atoms with Crippen LogP contribution in [0.25, 0.3) is 21.6 Å². The van der Waals surface area contributed by atoms with Gasteiger partial charge >= 0.3 is 27.3 Å². The molecule has 2 aliphatic heterocycles. The third-order valence-corrected chi connectivity index (χ3v) is 11.7. The summed E-state index contributed by atoms with van der Waals surface area (Å²) in [6, 6.07) is 0.00509. The van der Waals surface area contributed by atoms with Crippen LogP contribution in [-0.2, 0) is 41.7 Å². The zero-order valence-electron chi connectivity index (χ0n) is 28.4. The Hall–Kier alpha value is -3.43. The molecule has 0 radical (unpaired) electrons. The van der Waals surface area contributed by atoms with Gasteiger partial charge in [-0.15, -0.1) is 0 Å². The number of phosphoric acid groups is 2. The van der Waals surface area contributed by atoms with Crippen LogP contribution in [0.5, 0.6) is 0 Å². The molecule has 55 heavy (non-hydrogen) atoms. The van der Waals surface area contributed by atoms with Gasteiger partial charge in [0.25, 0.3) is 0 Å². The number of anilines is 2. The van der Waals surface area contributed by atoms with Crippen LogP contribution in [0.4, 0.5) is 11.6 Å². The summed E-state index contributed by atoms with van der Waals surface area (Å²) in [5, 5.41) is 14.6. The number of aliphatic hydroxyl groups excluding tert-OH is 1. The summed E-state index contributed by atoms with van der Waals surface area (Å²) >= 11 is 0. The van der Waals surface area contributed by atoms with E-state index in [0.717, 1.165) is 10.9 Å². The third-order valence-electron chi connectivity index (χ3n) is 8.04. The first-order valence-electron chi connectivity index (χ1n) is 15.8. The highest BCUT2D eigenvalue weighted by Gasteiger charge is 2.50. The maximum atomic E-state index is 13.4. The number of fused-ring (bicyclic) bond motifs is 1. The van der Waals surface area contributed by atoms with Gasteiger partial charge in [0.15, 0.2) is 23.8 Å². The van der Waals surface area contributed by atoms with Gasteiger partial charge in [0.1, 0.15) is 54.3 Å². The number of hydrogen-bond donors (Lipinski definition) is 7. The van der Waals surface area contributed by atoms with Crippen LogP contribution in [0.1, 0.15) is 25.3 Å². The highest BCUT2D eigenvalue weighted by atomic mass is 33.1. The molecule has 10 atom stereocenters. The molecular weight excluding hydrogens is 818 g/mol. The summed E-state index contributed by atoms with van der Waals surface area (Å²) in [5.74, 6) is -1.08. The number of nitrogen functional groups attached to an aromatic ring is 2. The number of carbonyl (C=O) groups is 1. The van der Waals surface area contributed by atoms with Crippen molar-refractivity contribution in [2.24, 2.45) is 10.8 Å². The molecule has 26 nitrogen and oxygen atoms in total. The molecule has 5 rings (SSSR count). The van der Waals surface area contributed by atoms with Crippen LogP contribution < -0.4 is 22.9 Å². The molecule has 30 heteroatoms. The van der Waals surface area contributed by atoms with Crippen molar-refractivity contribution in [3.8, 4) is 0 Å². The zero-order chi connectivity index (χ0) is 40.1. The first-order valence-corrected chi connectivity index (χ1v) is 21.4. The van der Waals surface area contributed by atoms with Crippen molar-refractivity contribution in [3.05, 3.63) is 45.8 Å². The SMILES string of the molecule is CSSC(CN=[N+]=[N-])C[C@@H](N)C(=O)O[C@H]1[C@@H](O)[C@H](n2cnc3c(N)ncnc32)O[C@H]1COP(=O)(O)O[C@H]1C[C@H](n2ccc(N)nc2=O)O[C@@H]1COP(=O)(O)O. The van der Waals surface area contributed by atoms with Gasteiger partial charge in [0.2, 0.25) is 0 Å². The van der Waals surface area contributed by atoms with E-state index in [2.05, 4.69) is 34.5 Å². The zero-order valence-corrected chi connectivity index (χ0v) is 31.8. The summed E-state index contributed by atoms with van der Waals surface area (Å²) < 4.78 is 59.4. The van der Waals surface area contributed by atoms with Crippen molar-refractivity contribution in [2.45, 2.75) is 67.1 Å².